The molecule has 0 amide bonds. The molecule has 2 N–H and O–H groups in total. The van der Waals surface area contributed by atoms with Crippen molar-refractivity contribution in [2.75, 3.05) is 12.8 Å². The van der Waals surface area contributed by atoms with Crippen molar-refractivity contribution < 1.29 is 23.6 Å². The second-order valence-corrected chi connectivity index (χ2v) is 21.8. The summed E-state index contributed by atoms with van der Waals surface area (Å²) in [6.45, 7) is 17.8. The van der Waals surface area contributed by atoms with Crippen LogP contribution in [-0.4, -0.2) is 76.7 Å². The summed E-state index contributed by atoms with van der Waals surface area (Å²) in [5.41, 5.74) is -0.407. The van der Waals surface area contributed by atoms with E-state index in [0.29, 0.717) is 0 Å². The van der Waals surface area contributed by atoms with Crippen LogP contribution in [0.5, 0.6) is 0 Å². The summed E-state index contributed by atoms with van der Waals surface area (Å²) >= 11 is 0. The van der Waals surface area contributed by atoms with Crippen LogP contribution in [0.3, 0.4) is 0 Å². The maximum atomic E-state index is 13.9. The molecule has 1 aromatic heterocycles. The Kier molecular flexibility index (Phi) is 13.8. The van der Waals surface area contributed by atoms with E-state index in [4.69, 9.17) is 18.7 Å². The van der Waals surface area contributed by atoms with Gasteiger partial charge in [-0.25, -0.2) is 9.69 Å². The van der Waals surface area contributed by atoms with Gasteiger partial charge in [-0.3, -0.25) is 14.3 Å². The van der Waals surface area contributed by atoms with Crippen molar-refractivity contribution in [1.29, 1.82) is 5.26 Å². The molecule has 0 aliphatic carbocycles. The summed E-state index contributed by atoms with van der Waals surface area (Å²) in [5.74, 6) is 0. The van der Waals surface area contributed by atoms with Gasteiger partial charge in [0.25, 0.3) is 5.56 Å². The molecular weight excluding hydrogens is 744 g/mol. The average molecular weight is 802 g/mol. The van der Waals surface area contributed by atoms with Gasteiger partial charge in [0.05, 0.1) is 33.5 Å². The maximum Gasteiger partial charge on any atom is 0.347 e. The Morgan fingerprint density at radius 3 is 1.82 bits per heavy atom. The molecule has 13 heteroatoms. The van der Waals surface area contributed by atoms with Crippen molar-refractivity contribution in [2.24, 2.45) is 0 Å². The fourth-order valence-electron chi connectivity index (χ4n) is 8.13. The summed E-state index contributed by atoms with van der Waals surface area (Å²) in [4.78, 5) is 41.6. The number of nitrogens with one attached hydrogen (secondary N) is 1. The number of benzene rings is 3. The zero-order chi connectivity index (χ0) is 40.9. The Morgan fingerprint density at radius 2 is 1.41 bits per heavy atom. The van der Waals surface area contributed by atoms with Crippen molar-refractivity contribution in [3.8, 4) is 6.07 Å². The molecule has 5 rings (SSSR count). The highest BCUT2D eigenvalue weighted by Gasteiger charge is 2.65. The summed E-state index contributed by atoms with van der Waals surface area (Å²) in [6, 6.07) is 33.2. The number of hydrogen-bond donors (Lipinski definition) is 2. The van der Waals surface area contributed by atoms with E-state index in [0.717, 1.165) is 16.7 Å². The first kappa shape index (κ1) is 43.4. The van der Waals surface area contributed by atoms with Gasteiger partial charge in [0.15, 0.2) is 11.5 Å². The van der Waals surface area contributed by atoms with Crippen LogP contribution < -0.4 is 11.2 Å². The van der Waals surface area contributed by atoms with Crippen LogP contribution in [0.4, 0.5) is 0 Å². The molecule has 1 saturated heterocycles. The topological polar surface area (TPSA) is 139 Å². The van der Waals surface area contributed by atoms with Crippen molar-refractivity contribution in [3.05, 3.63) is 141 Å². The molecule has 0 radical (unpaired) electrons. The molecule has 56 heavy (non-hydrogen) atoms. The molecular formula is C43H58N4O7PSi+. The Balaban J connectivity index is 1.78. The lowest BCUT2D eigenvalue weighted by atomic mass is 9.80. The van der Waals surface area contributed by atoms with Gasteiger partial charge in [-0.05, 0) is 65.2 Å². The number of rotatable bonds is 16. The lowest BCUT2D eigenvalue weighted by molar-refractivity contribution is -0.156. The van der Waals surface area contributed by atoms with Gasteiger partial charge in [0.2, 0.25) is 0 Å². The minimum absolute atomic E-state index is 0.0579. The Morgan fingerprint density at radius 1 is 0.911 bits per heavy atom. The van der Waals surface area contributed by atoms with Gasteiger partial charge in [0, 0.05) is 24.3 Å². The van der Waals surface area contributed by atoms with E-state index in [2.05, 4.69) is 24.1 Å². The third kappa shape index (κ3) is 8.86. The standard InChI is InChI=1S/C43H57N4O7PSi/c1-31(2)47(32(3)4)55(50,29-19-27-44)54-38-36(52-43(56(8)9,39(38)53-41(5,6)7)46-28-26-37(48)45-40(46)49)30-51-42(33-20-13-10-14-21-33,34-22-15-11-16-23-34)35-24-17-12-18-25-35/h10-18,20-26,28,31-32,36,38-39,50,56H,19,29-30H2,1-9H3/p+1/t36-,38-,39-,43+,55?/m1/s1. The van der Waals surface area contributed by atoms with Crippen molar-refractivity contribution in [2.45, 2.75) is 115 Å². The van der Waals surface area contributed by atoms with Gasteiger partial charge < -0.3 is 14.2 Å². The van der Waals surface area contributed by atoms with Crippen LogP contribution in [0, 0.1) is 11.3 Å². The van der Waals surface area contributed by atoms with E-state index >= 15 is 0 Å². The molecule has 2 heterocycles. The zero-order valence-corrected chi connectivity index (χ0v) is 36.1. The molecule has 3 aromatic carbocycles. The van der Waals surface area contributed by atoms with E-state index in [1.807, 2.05) is 144 Å². The molecule has 5 atom stereocenters. The van der Waals surface area contributed by atoms with Gasteiger partial charge >= 0.3 is 13.6 Å². The van der Waals surface area contributed by atoms with Crippen molar-refractivity contribution >= 4 is 16.7 Å². The predicted octanol–water partition coefficient (Wildman–Crippen LogP) is 6.98. The third-order valence-corrected chi connectivity index (χ3v) is 15.6. The van der Waals surface area contributed by atoms with Crippen LogP contribution in [-0.2, 0) is 29.7 Å². The predicted molar refractivity (Wildman–Crippen MR) is 224 cm³/mol. The number of ether oxygens (including phenoxy) is 3. The second-order valence-electron chi connectivity index (χ2n) is 16.2. The van der Waals surface area contributed by atoms with Crippen molar-refractivity contribution in [3.63, 3.8) is 0 Å². The van der Waals surface area contributed by atoms with Crippen LogP contribution in [0.2, 0.25) is 13.1 Å². The molecule has 0 saturated carbocycles. The Hall–Kier alpha value is -3.76. The number of hydrogen-bond acceptors (Lipinski definition) is 9. The van der Waals surface area contributed by atoms with E-state index in [1.54, 1.807) is 0 Å². The minimum atomic E-state index is -3.57. The van der Waals surface area contributed by atoms with Crippen LogP contribution in [0.25, 0.3) is 0 Å². The van der Waals surface area contributed by atoms with Gasteiger partial charge in [0.1, 0.15) is 24.0 Å². The van der Waals surface area contributed by atoms with Crippen LogP contribution in [0.15, 0.2) is 113 Å². The van der Waals surface area contributed by atoms with Gasteiger partial charge in [-0.1, -0.05) is 104 Å². The van der Waals surface area contributed by atoms with E-state index in [9.17, 15) is 19.7 Å². The number of aromatic amines is 1. The third-order valence-electron chi connectivity index (χ3n) is 10.2. The highest BCUT2D eigenvalue weighted by molar-refractivity contribution is 7.63. The summed E-state index contributed by atoms with van der Waals surface area (Å²) < 4.78 is 32.2. The lowest BCUT2D eigenvalue weighted by Crippen LogP contribution is -2.61. The first-order valence-corrected chi connectivity index (χ1v) is 24.1. The summed E-state index contributed by atoms with van der Waals surface area (Å²) in [5, 5.41) is 8.40. The van der Waals surface area contributed by atoms with Crippen molar-refractivity contribution in [1.82, 2.24) is 14.2 Å². The van der Waals surface area contributed by atoms with E-state index in [-0.39, 0.29) is 31.3 Å². The van der Waals surface area contributed by atoms with Crippen LogP contribution in [0.1, 0.15) is 71.6 Å². The SMILES string of the molecule is CC(C)N(C(C)C)[P+](O)(CCC#N)O[C@H]1[C@@H](OC(C)(C)C)[C@@](n2ccc(=O)[nH]c2=O)([SiH](C)C)O[C@@H]1COC(c1ccccc1)(c1ccccc1)c1ccccc1. The number of nitrogens with zero attached hydrogens (tertiary/aromatic N) is 3. The molecule has 1 fully saturated rings. The average Bonchev–Trinajstić information content (AvgIpc) is 3.43. The van der Waals surface area contributed by atoms with Gasteiger partial charge in [-0.15, -0.1) is 4.67 Å². The zero-order valence-electron chi connectivity index (χ0n) is 34.1. The molecule has 1 aliphatic rings. The largest absolute Gasteiger partial charge is 0.365 e. The smallest absolute Gasteiger partial charge is 0.347 e. The molecule has 0 bridgehead atoms. The second kappa shape index (κ2) is 17.8. The minimum Gasteiger partial charge on any atom is -0.365 e. The molecule has 0 spiro atoms. The fourth-order valence-corrected chi connectivity index (χ4v) is 13.2. The monoisotopic (exact) mass is 801 g/mol. The first-order chi connectivity index (χ1) is 26.5. The maximum absolute atomic E-state index is 13.9. The number of H-pyrrole nitrogens is 1. The molecule has 11 nitrogen and oxygen atoms in total. The highest BCUT2D eigenvalue weighted by atomic mass is 31.2. The summed E-state index contributed by atoms with van der Waals surface area (Å²) in [6.07, 6.45) is -1.27. The number of nitriles is 1. The normalized spacial score (nSPS) is 21.5. The van der Waals surface area contributed by atoms with E-state index < -0.39 is 62.8 Å². The fraction of sp³-hybridized carbons (Fsp3) is 0.465. The Labute approximate surface area is 333 Å². The summed E-state index contributed by atoms with van der Waals surface area (Å²) in [7, 11) is -5.80. The molecule has 1 aliphatic heterocycles. The molecule has 4 aromatic rings. The quantitative estimate of drug-likeness (QED) is 0.0699. The van der Waals surface area contributed by atoms with Gasteiger partial charge in [-0.2, -0.15) is 9.79 Å². The molecule has 1 unspecified atom stereocenters. The van der Waals surface area contributed by atoms with E-state index in [1.165, 1.54) is 16.8 Å². The first-order valence-electron chi connectivity index (χ1n) is 19.4. The lowest BCUT2D eigenvalue weighted by Gasteiger charge is -2.42. The number of aromatic nitrogens is 2. The van der Waals surface area contributed by atoms with Crippen LogP contribution >= 0.6 is 7.87 Å². The molecule has 300 valence electrons. The Bertz CT molecular complexity index is 1930. The highest BCUT2D eigenvalue weighted by Crippen LogP contribution is 2.64.